The molecule has 10 heteroatoms. The lowest BCUT2D eigenvalue weighted by Crippen LogP contribution is -2.62. The molecule has 0 spiro atoms. The number of carboxylic acid groups (broad SMARTS) is 1. The van der Waals surface area contributed by atoms with E-state index in [4.69, 9.17) is 11.5 Å². The van der Waals surface area contributed by atoms with Gasteiger partial charge in [0.2, 0.25) is 0 Å². The van der Waals surface area contributed by atoms with Crippen LogP contribution in [0.15, 0.2) is 42.7 Å². The highest BCUT2D eigenvalue weighted by molar-refractivity contribution is 6.09. The highest BCUT2D eigenvalue weighted by Crippen LogP contribution is 2.31. The number of hydrogen-bond donors (Lipinski definition) is 4. The van der Waals surface area contributed by atoms with Gasteiger partial charge in [-0.1, -0.05) is 26.0 Å². The first-order valence-corrected chi connectivity index (χ1v) is 11.6. The molecule has 3 atom stereocenters. The van der Waals surface area contributed by atoms with Crippen LogP contribution in [0.4, 0.5) is 21.9 Å². The first-order chi connectivity index (χ1) is 16.7. The van der Waals surface area contributed by atoms with Crippen molar-refractivity contribution < 1.29 is 14.7 Å². The van der Waals surface area contributed by atoms with Crippen LogP contribution in [-0.4, -0.2) is 64.2 Å². The Balaban J connectivity index is 1.59. The number of nitrogen functional groups attached to an aromatic ring is 1. The summed E-state index contributed by atoms with van der Waals surface area (Å²) in [4.78, 5) is 36.7. The molecule has 184 valence electrons. The third kappa shape index (κ3) is 4.83. The molecule has 4 rings (SSSR count). The number of aryl methyl sites for hydroxylation is 1. The summed E-state index contributed by atoms with van der Waals surface area (Å²) in [5.74, 6) is -0.458. The van der Waals surface area contributed by atoms with Gasteiger partial charge in [-0.15, -0.1) is 0 Å². The summed E-state index contributed by atoms with van der Waals surface area (Å²) in [7, 11) is 1.54. The minimum absolute atomic E-state index is 0.0258. The molecule has 0 bridgehead atoms. The molecule has 1 saturated heterocycles. The number of pyridine rings is 2. The summed E-state index contributed by atoms with van der Waals surface area (Å²) in [5.41, 5.74) is 16.1. The molecule has 3 heterocycles. The van der Waals surface area contributed by atoms with Crippen LogP contribution in [0.2, 0.25) is 0 Å². The van der Waals surface area contributed by atoms with Gasteiger partial charge < -0.3 is 31.7 Å². The number of nitrogens with one attached hydrogen (secondary N) is 1. The Hall–Kier alpha value is -3.92. The van der Waals surface area contributed by atoms with Gasteiger partial charge in [0.05, 0.1) is 34.8 Å². The van der Waals surface area contributed by atoms with Gasteiger partial charge in [0, 0.05) is 37.8 Å². The molecule has 35 heavy (non-hydrogen) atoms. The number of piperidine rings is 1. The fourth-order valence-corrected chi connectivity index (χ4v) is 4.88. The molecular formula is C25H31N7O3. The number of nitrogens with zero attached hydrogens (tertiary/aromatic N) is 4. The molecule has 6 N–H and O–H groups in total. The molecule has 1 fully saturated rings. The minimum Gasteiger partial charge on any atom is -0.465 e. The van der Waals surface area contributed by atoms with E-state index >= 15 is 0 Å². The first-order valence-electron chi connectivity index (χ1n) is 11.6. The van der Waals surface area contributed by atoms with Gasteiger partial charge in [0.25, 0.3) is 5.91 Å². The minimum atomic E-state index is -1.01. The van der Waals surface area contributed by atoms with Crippen molar-refractivity contribution in [2.45, 2.75) is 32.4 Å². The summed E-state index contributed by atoms with van der Waals surface area (Å²) in [6.07, 6.45) is 3.08. The number of amides is 2. The van der Waals surface area contributed by atoms with Gasteiger partial charge in [-0.3, -0.25) is 9.78 Å². The molecule has 0 saturated carbocycles. The fraction of sp³-hybridized carbons (Fsp3) is 0.360. The van der Waals surface area contributed by atoms with Crippen molar-refractivity contribution in [3.8, 4) is 0 Å². The topological polar surface area (TPSA) is 151 Å². The van der Waals surface area contributed by atoms with Crippen molar-refractivity contribution in [3.05, 3.63) is 54.0 Å². The number of anilines is 3. The zero-order chi connectivity index (χ0) is 25.3. The lowest BCUT2D eigenvalue weighted by molar-refractivity contribution is 0.102. The van der Waals surface area contributed by atoms with Crippen LogP contribution in [-0.2, 0) is 6.42 Å². The first kappa shape index (κ1) is 24.2. The summed E-state index contributed by atoms with van der Waals surface area (Å²) < 4.78 is 0. The summed E-state index contributed by atoms with van der Waals surface area (Å²) in [5, 5.41) is 13.2. The molecule has 1 aromatic carbocycles. The Labute approximate surface area is 203 Å². The average Bonchev–Trinajstić information content (AvgIpc) is 2.83. The Morgan fingerprint density at radius 2 is 2.03 bits per heavy atom. The Bertz CT molecular complexity index is 1250. The van der Waals surface area contributed by atoms with E-state index in [1.54, 1.807) is 31.6 Å². The largest absolute Gasteiger partial charge is 0.465 e. The standard InChI is InChI=1S/C25H31N7O3/c1-4-15-5-6-16-10-17(26)22(29-19(16)9-15)24(33)30-20-11-28-8-7-21(20)32-12-14(2)23(18(27)13-32)31(3)25(34)35/h5-11,14,18,23H,4,12-13,26-27H2,1-3H3,(H,30,33)(H,34,35). The average molecular weight is 478 g/mol. The number of aromatic nitrogens is 2. The van der Waals surface area contributed by atoms with E-state index in [9.17, 15) is 14.7 Å². The lowest BCUT2D eigenvalue weighted by Gasteiger charge is -2.45. The zero-order valence-corrected chi connectivity index (χ0v) is 20.1. The second-order valence-electron chi connectivity index (χ2n) is 9.08. The molecule has 10 nitrogen and oxygen atoms in total. The lowest BCUT2D eigenvalue weighted by atomic mass is 9.89. The second kappa shape index (κ2) is 9.75. The zero-order valence-electron chi connectivity index (χ0n) is 20.1. The SMILES string of the molecule is CCc1ccc2cc(N)c(C(=O)Nc3cnccc3N3CC(C)C(N(C)C(=O)O)C(N)C3)nc2c1. The maximum absolute atomic E-state index is 13.2. The number of fused-ring (bicyclic) bond motifs is 1. The van der Waals surface area contributed by atoms with Crippen molar-refractivity contribution in [2.75, 3.05) is 36.1 Å². The highest BCUT2D eigenvalue weighted by atomic mass is 16.4. The maximum atomic E-state index is 13.2. The fourth-order valence-electron chi connectivity index (χ4n) is 4.88. The van der Waals surface area contributed by atoms with Crippen molar-refractivity contribution in [2.24, 2.45) is 11.7 Å². The van der Waals surface area contributed by atoms with Crippen LogP contribution in [0.5, 0.6) is 0 Å². The quantitative estimate of drug-likeness (QED) is 0.438. The number of rotatable bonds is 5. The van der Waals surface area contributed by atoms with Gasteiger partial charge in [0.15, 0.2) is 5.69 Å². The third-order valence-electron chi connectivity index (χ3n) is 6.63. The van der Waals surface area contributed by atoms with E-state index in [2.05, 4.69) is 22.2 Å². The van der Waals surface area contributed by atoms with Gasteiger partial charge >= 0.3 is 6.09 Å². The van der Waals surface area contributed by atoms with Crippen LogP contribution < -0.4 is 21.7 Å². The van der Waals surface area contributed by atoms with E-state index < -0.39 is 18.0 Å². The summed E-state index contributed by atoms with van der Waals surface area (Å²) >= 11 is 0. The highest BCUT2D eigenvalue weighted by Gasteiger charge is 2.37. The molecular weight excluding hydrogens is 446 g/mol. The van der Waals surface area contributed by atoms with Gasteiger partial charge in [-0.2, -0.15) is 0 Å². The van der Waals surface area contributed by atoms with Gasteiger partial charge in [-0.05, 0) is 36.1 Å². The summed E-state index contributed by atoms with van der Waals surface area (Å²) in [6.45, 7) is 5.03. The van der Waals surface area contributed by atoms with E-state index in [0.717, 1.165) is 23.1 Å². The number of carbonyl (C=O) groups excluding carboxylic acids is 1. The smallest absolute Gasteiger partial charge is 0.407 e. The molecule has 0 radical (unpaired) electrons. The molecule has 2 aromatic heterocycles. The van der Waals surface area contributed by atoms with E-state index in [-0.39, 0.29) is 23.3 Å². The van der Waals surface area contributed by atoms with Gasteiger partial charge in [0.1, 0.15) is 0 Å². The number of benzene rings is 1. The molecule has 1 aliphatic heterocycles. The molecule has 3 aromatic rings. The Kier molecular flexibility index (Phi) is 6.74. The van der Waals surface area contributed by atoms with Gasteiger partial charge in [-0.25, -0.2) is 9.78 Å². The number of likely N-dealkylation sites (N-methyl/N-ethyl adjacent to an activating group) is 1. The summed E-state index contributed by atoms with van der Waals surface area (Å²) in [6, 6.07) is 8.79. The molecule has 2 amide bonds. The Morgan fingerprint density at radius 3 is 2.71 bits per heavy atom. The van der Waals surface area contributed by atoms with Crippen LogP contribution in [0.25, 0.3) is 10.9 Å². The van der Waals surface area contributed by atoms with Crippen molar-refractivity contribution in [1.82, 2.24) is 14.9 Å². The van der Waals surface area contributed by atoms with Crippen LogP contribution in [0.3, 0.4) is 0 Å². The van der Waals surface area contributed by atoms with Crippen molar-refractivity contribution in [1.29, 1.82) is 0 Å². The van der Waals surface area contributed by atoms with Crippen molar-refractivity contribution >= 4 is 40.0 Å². The maximum Gasteiger partial charge on any atom is 0.407 e. The predicted molar refractivity (Wildman–Crippen MR) is 137 cm³/mol. The normalized spacial score (nSPS) is 20.0. The van der Waals surface area contributed by atoms with E-state index in [0.29, 0.717) is 24.3 Å². The number of hydrogen-bond acceptors (Lipinski definition) is 7. The van der Waals surface area contributed by atoms with E-state index in [1.165, 1.54) is 4.90 Å². The van der Waals surface area contributed by atoms with E-state index in [1.807, 2.05) is 30.0 Å². The molecule has 1 aliphatic rings. The monoisotopic (exact) mass is 477 g/mol. The second-order valence-corrected chi connectivity index (χ2v) is 9.08. The Morgan fingerprint density at radius 1 is 1.26 bits per heavy atom. The molecule has 3 unspecified atom stereocenters. The molecule has 0 aliphatic carbocycles. The number of nitrogens with two attached hydrogens (primary N) is 2. The third-order valence-corrected chi connectivity index (χ3v) is 6.63. The predicted octanol–water partition coefficient (Wildman–Crippen LogP) is 2.79. The van der Waals surface area contributed by atoms with Crippen LogP contribution in [0.1, 0.15) is 29.9 Å². The van der Waals surface area contributed by atoms with Crippen LogP contribution >= 0.6 is 0 Å². The van der Waals surface area contributed by atoms with Crippen LogP contribution in [0, 0.1) is 5.92 Å². The van der Waals surface area contributed by atoms with Crippen molar-refractivity contribution in [3.63, 3.8) is 0 Å². The number of carbonyl (C=O) groups is 2.